The maximum Gasteiger partial charge on any atom is 0.120 e. The predicted molar refractivity (Wildman–Crippen MR) is 87.6 cm³/mol. The first kappa shape index (κ1) is 17.2. The van der Waals surface area contributed by atoms with Gasteiger partial charge in [0.25, 0.3) is 0 Å². The largest absolute Gasteiger partial charge is 0.303 e. The molecular weight excluding hydrogens is 244 g/mol. The van der Waals surface area contributed by atoms with E-state index in [4.69, 9.17) is 0 Å². The molecule has 0 N–H and O–H groups in total. The smallest absolute Gasteiger partial charge is 0.120 e. The van der Waals surface area contributed by atoms with E-state index >= 15 is 0 Å². The van der Waals surface area contributed by atoms with Crippen molar-refractivity contribution in [2.45, 2.75) is 65.7 Å². The monoisotopic (exact) mass is 276 g/mol. The minimum atomic E-state index is 0.294. The maximum atomic E-state index is 10.9. The van der Waals surface area contributed by atoms with Gasteiger partial charge in [0.15, 0.2) is 0 Å². The number of carbonyl (C=O) groups is 1. The van der Waals surface area contributed by atoms with Crippen LogP contribution in [0, 0.1) is 23.2 Å². The van der Waals surface area contributed by atoms with E-state index in [1.165, 1.54) is 37.7 Å². The van der Waals surface area contributed by atoms with Crippen LogP contribution in [0.3, 0.4) is 0 Å². The third-order valence-corrected chi connectivity index (χ3v) is 5.83. The van der Waals surface area contributed by atoms with Crippen LogP contribution in [0.25, 0.3) is 0 Å². The molecule has 0 spiro atoms. The molecule has 1 nitrogen and oxygen atoms in total. The highest BCUT2D eigenvalue weighted by atomic mass is 16.1. The van der Waals surface area contributed by atoms with Gasteiger partial charge >= 0.3 is 0 Å². The number of hydrogen-bond acceptors (Lipinski definition) is 1. The Hall–Kier alpha value is -0.850. The van der Waals surface area contributed by atoms with E-state index in [9.17, 15) is 4.79 Å². The highest BCUT2D eigenvalue weighted by molar-refractivity contribution is 5.49. The molecule has 1 aliphatic carbocycles. The number of hydrogen-bond donors (Lipinski definition) is 0. The van der Waals surface area contributed by atoms with Crippen molar-refractivity contribution in [3.05, 3.63) is 24.8 Å². The summed E-state index contributed by atoms with van der Waals surface area (Å²) in [6.07, 6.45) is 11.0. The lowest BCUT2D eigenvalue weighted by Gasteiger charge is -2.46. The van der Waals surface area contributed by atoms with Crippen molar-refractivity contribution < 1.29 is 4.79 Å². The van der Waals surface area contributed by atoms with E-state index in [1.807, 2.05) is 6.08 Å². The van der Waals surface area contributed by atoms with Crippen LogP contribution in [0.1, 0.15) is 65.7 Å². The standard InChI is InChI=1S/C19H32O/c1-6-12-19(13-9-14-20)16(4)10-8-11-18(17(19)5)15(3)7-2/h7,14,16-18H,2-3,6,8-13H2,1,4-5H3/t16?,17-,18?,19?/m0/s1. The van der Waals surface area contributed by atoms with Crippen LogP contribution in [0.15, 0.2) is 24.8 Å². The molecule has 0 amide bonds. The molecule has 3 unspecified atom stereocenters. The van der Waals surface area contributed by atoms with Gasteiger partial charge in [-0.05, 0) is 42.4 Å². The van der Waals surface area contributed by atoms with Crippen molar-refractivity contribution in [2.75, 3.05) is 0 Å². The molecule has 1 rings (SSSR count). The van der Waals surface area contributed by atoms with Gasteiger partial charge in [0, 0.05) is 6.42 Å². The molecule has 0 aromatic heterocycles. The summed E-state index contributed by atoms with van der Waals surface area (Å²) < 4.78 is 0. The van der Waals surface area contributed by atoms with Crippen LogP contribution < -0.4 is 0 Å². The van der Waals surface area contributed by atoms with Gasteiger partial charge in [-0.15, -0.1) is 0 Å². The van der Waals surface area contributed by atoms with E-state index in [1.54, 1.807) is 0 Å². The van der Waals surface area contributed by atoms with Crippen LogP contribution in [-0.2, 0) is 4.79 Å². The SMILES string of the molecule is C=CC(=C)C1CCCC(C)C(CCC)(CCC=O)[C@H]1C. The topological polar surface area (TPSA) is 17.1 Å². The van der Waals surface area contributed by atoms with Gasteiger partial charge in [0.05, 0.1) is 0 Å². The quantitative estimate of drug-likeness (QED) is 0.338. The van der Waals surface area contributed by atoms with Crippen molar-refractivity contribution in [3.63, 3.8) is 0 Å². The summed E-state index contributed by atoms with van der Waals surface area (Å²) in [6.45, 7) is 15.2. The van der Waals surface area contributed by atoms with Crippen molar-refractivity contribution in [2.24, 2.45) is 23.2 Å². The number of allylic oxidation sites excluding steroid dienone is 2. The van der Waals surface area contributed by atoms with E-state index in [2.05, 4.69) is 33.9 Å². The van der Waals surface area contributed by atoms with Gasteiger partial charge in [0.2, 0.25) is 0 Å². The van der Waals surface area contributed by atoms with Gasteiger partial charge < -0.3 is 4.79 Å². The molecule has 0 aromatic rings. The molecule has 0 heterocycles. The minimum Gasteiger partial charge on any atom is -0.303 e. The molecule has 0 saturated heterocycles. The minimum absolute atomic E-state index is 0.294. The first-order valence-electron chi connectivity index (χ1n) is 8.28. The molecule has 1 fully saturated rings. The Labute approximate surface area is 125 Å². The zero-order valence-corrected chi connectivity index (χ0v) is 13.7. The Morgan fingerprint density at radius 1 is 1.30 bits per heavy atom. The second-order valence-corrected chi connectivity index (χ2v) is 6.69. The van der Waals surface area contributed by atoms with Gasteiger partial charge in [-0.25, -0.2) is 0 Å². The maximum absolute atomic E-state index is 10.9. The fourth-order valence-electron chi connectivity index (χ4n) is 4.55. The van der Waals surface area contributed by atoms with E-state index in [0.29, 0.717) is 29.6 Å². The van der Waals surface area contributed by atoms with Crippen molar-refractivity contribution in [3.8, 4) is 0 Å². The van der Waals surface area contributed by atoms with Gasteiger partial charge in [-0.3, -0.25) is 0 Å². The molecule has 1 aliphatic rings. The van der Waals surface area contributed by atoms with Crippen LogP contribution in [0.4, 0.5) is 0 Å². The Bertz CT molecular complexity index is 344. The van der Waals surface area contributed by atoms with E-state index in [0.717, 1.165) is 12.7 Å². The van der Waals surface area contributed by atoms with Gasteiger partial charge in [-0.1, -0.05) is 64.8 Å². The molecule has 1 saturated carbocycles. The summed E-state index contributed by atoms with van der Waals surface area (Å²) in [5, 5.41) is 0. The molecule has 114 valence electrons. The molecule has 0 radical (unpaired) electrons. The van der Waals surface area contributed by atoms with Crippen molar-refractivity contribution in [1.29, 1.82) is 0 Å². The van der Waals surface area contributed by atoms with Gasteiger partial charge in [-0.2, -0.15) is 0 Å². The molecular formula is C19H32O. The number of carbonyl (C=O) groups excluding carboxylic acids is 1. The van der Waals surface area contributed by atoms with Crippen molar-refractivity contribution >= 4 is 6.29 Å². The average molecular weight is 276 g/mol. The Balaban J connectivity index is 3.13. The summed E-state index contributed by atoms with van der Waals surface area (Å²) in [4.78, 5) is 10.9. The fourth-order valence-corrected chi connectivity index (χ4v) is 4.55. The third kappa shape index (κ3) is 3.42. The molecule has 0 aliphatic heterocycles. The zero-order chi connectivity index (χ0) is 15.2. The normalized spacial score (nSPS) is 34.2. The Morgan fingerprint density at radius 2 is 2.00 bits per heavy atom. The van der Waals surface area contributed by atoms with E-state index in [-0.39, 0.29) is 0 Å². The lowest BCUT2D eigenvalue weighted by molar-refractivity contribution is -0.109. The first-order valence-corrected chi connectivity index (χ1v) is 8.28. The fraction of sp³-hybridized carbons (Fsp3) is 0.737. The Kier molecular flexibility index (Phi) is 6.71. The molecule has 4 atom stereocenters. The number of rotatable bonds is 7. The number of aldehydes is 1. The summed E-state index contributed by atoms with van der Waals surface area (Å²) in [5.41, 5.74) is 1.49. The lowest BCUT2D eigenvalue weighted by atomic mass is 9.59. The van der Waals surface area contributed by atoms with Crippen LogP contribution >= 0.6 is 0 Å². The molecule has 0 aromatic carbocycles. The zero-order valence-electron chi connectivity index (χ0n) is 13.7. The predicted octanol–water partition coefficient (Wildman–Crippen LogP) is 5.57. The first-order chi connectivity index (χ1) is 9.53. The van der Waals surface area contributed by atoms with Gasteiger partial charge in [0.1, 0.15) is 6.29 Å². The summed E-state index contributed by atoms with van der Waals surface area (Å²) in [6, 6.07) is 0. The Morgan fingerprint density at radius 3 is 2.55 bits per heavy atom. The lowest BCUT2D eigenvalue weighted by Crippen LogP contribution is -2.38. The highest BCUT2D eigenvalue weighted by Gasteiger charge is 2.44. The van der Waals surface area contributed by atoms with Crippen molar-refractivity contribution in [1.82, 2.24) is 0 Å². The molecule has 1 heteroatoms. The molecule has 20 heavy (non-hydrogen) atoms. The summed E-state index contributed by atoms with van der Waals surface area (Å²) >= 11 is 0. The average Bonchev–Trinajstić information content (AvgIpc) is 2.56. The second kappa shape index (κ2) is 7.81. The highest BCUT2D eigenvalue weighted by Crippen LogP contribution is 2.53. The second-order valence-electron chi connectivity index (χ2n) is 6.69. The third-order valence-electron chi connectivity index (χ3n) is 5.83. The summed E-state index contributed by atoms with van der Waals surface area (Å²) in [7, 11) is 0. The van der Waals surface area contributed by atoms with Crippen LogP contribution in [-0.4, -0.2) is 6.29 Å². The molecule has 0 bridgehead atoms. The van der Waals surface area contributed by atoms with Crippen LogP contribution in [0.2, 0.25) is 0 Å². The summed E-state index contributed by atoms with van der Waals surface area (Å²) in [5.74, 6) is 1.82. The van der Waals surface area contributed by atoms with Crippen LogP contribution in [0.5, 0.6) is 0 Å². The van der Waals surface area contributed by atoms with E-state index < -0.39 is 0 Å².